The maximum atomic E-state index is 11.4. The first-order valence-corrected chi connectivity index (χ1v) is 4.58. The van der Waals surface area contributed by atoms with Crippen LogP contribution in [0.2, 0.25) is 0 Å². The van der Waals surface area contributed by atoms with Gasteiger partial charge in [0.2, 0.25) is 11.7 Å². The first-order valence-electron chi connectivity index (χ1n) is 4.58. The number of carbonyl (C=O) groups is 1. The second-order valence-electron chi connectivity index (χ2n) is 3.73. The summed E-state index contributed by atoms with van der Waals surface area (Å²) in [7, 11) is 1.34. The van der Waals surface area contributed by atoms with Crippen molar-refractivity contribution in [2.75, 3.05) is 12.4 Å². The maximum absolute atomic E-state index is 11.4. The number of hydrogen-bond donors (Lipinski definition) is 3. The summed E-state index contributed by atoms with van der Waals surface area (Å²) in [6, 6.07) is 0. The van der Waals surface area contributed by atoms with Gasteiger partial charge in [-0.15, -0.1) is 0 Å². The lowest BCUT2D eigenvalue weighted by Gasteiger charge is -2.23. The molecule has 1 aromatic rings. The van der Waals surface area contributed by atoms with E-state index in [2.05, 4.69) is 15.3 Å². The van der Waals surface area contributed by atoms with Crippen LogP contribution in [-0.2, 0) is 4.79 Å². The van der Waals surface area contributed by atoms with Gasteiger partial charge in [-0.3, -0.25) is 9.59 Å². The van der Waals surface area contributed by atoms with Gasteiger partial charge in [0.25, 0.3) is 5.56 Å². The first kappa shape index (κ1) is 12.0. The van der Waals surface area contributed by atoms with E-state index < -0.39 is 17.0 Å². The van der Waals surface area contributed by atoms with Gasteiger partial charge in [-0.25, -0.2) is 4.98 Å². The third-order valence-corrected chi connectivity index (χ3v) is 2.06. The Morgan fingerprint density at radius 1 is 1.62 bits per heavy atom. The summed E-state index contributed by atoms with van der Waals surface area (Å²) in [5, 5.41) is 2.75. The molecule has 88 valence electrons. The highest BCUT2D eigenvalue weighted by atomic mass is 16.5. The number of rotatable bonds is 4. The molecule has 0 saturated heterocycles. The number of nitrogens with one attached hydrogen (secondary N) is 2. The average Bonchev–Trinajstić information content (AvgIpc) is 2.17. The van der Waals surface area contributed by atoms with Gasteiger partial charge in [-0.1, -0.05) is 0 Å². The zero-order valence-electron chi connectivity index (χ0n) is 9.33. The molecule has 0 radical (unpaired) electrons. The lowest BCUT2D eigenvalue weighted by atomic mass is 10.1. The zero-order chi connectivity index (χ0) is 12.3. The van der Waals surface area contributed by atoms with E-state index in [1.54, 1.807) is 13.8 Å². The van der Waals surface area contributed by atoms with Gasteiger partial charge >= 0.3 is 0 Å². The number of amides is 1. The summed E-state index contributed by atoms with van der Waals surface area (Å²) >= 11 is 0. The Hall–Kier alpha value is -2.05. The molecule has 7 heteroatoms. The number of H-pyrrole nitrogens is 1. The monoisotopic (exact) mass is 226 g/mol. The molecule has 0 aliphatic carbocycles. The van der Waals surface area contributed by atoms with Crippen LogP contribution >= 0.6 is 0 Å². The second-order valence-corrected chi connectivity index (χ2v) is 3.73. The van der Waals surface area contributed by atoms with Crippen LogP contribution in [0.1, 0.15) is 13.8 Å². The Balaban J connectivity index is 3.11. The van der Waals surface area contributed by atoms with Gasteiger partial charge in [0.15, 0.2) is 5.82 Å². The molecule has 0 bridgehead atoms. The van der Waals surface area contributed by atoms with Gasteiger partial charge in [-0.05, 0) is 13.8 Å². The Morgan fingerprint density at radius 2 is 2.25 bits per heavy atom. The van der Waals surface area contributed by atoms with E-state index in [1.165, 1.54) is 13.4 Å². The molecule has 1 heterocycles. The number of aromatic amines is 1. The largest absolute Gasteiger partial charge is 0.489 e. The van der Waals surface area contributed by atoms with Crippen molar-refractivity contribution in [3.63, 3.8) is 0 Å². The standard InChI is InChI=1S/C9H14N4O3/c1-9(2,8(10)15)13-6-5(16-3)7(14)12-4-11-6/h4H,1-3H3,(H2,10,15)(H2,11,12,13,14). The van der Waals surface area contributed by atoms with Crippen molar-refractivity contribution >= 4 is 11.7 Å². The molecule has 0 aliphatic heterocycles. The van der Waals surface area contributed by atoms with Crippen molar-refractivity contribution in [2.45, 2.75) is 19.4 Å². The van der Waals surface area contributed by atoms with E-state index in [0.29, 0.717) is 0 Å². The quantitative estimate of drug-likeness (QED) is 0.638. The van der Waals surface area contributed by atoms with E-state index in [4.69, 9.17) is 10.5 Å². The van der Waals surface area contributed by atoms with Gasteiger partial charge in [0.05, 0.1) is 13.4 Å². The molecule has 0 unspecified atom stereocenters. The van der Waals surface area contributed by atoms with Crippen molar-refractivity contribution in [1.82, 2.24) is 9.97 Å². The molecular formula is C9H14N4O3. The number of ether oxygens (including phenoxy) is 1. The molecular weight excluding hydrogens is 212 g/mol. The molecule has 1 amide bonds. The topological polar surface area (TPSA) is 110 Å². The number of carbonyl (C=O) groups excluding carboxylic acids is 1. The molecule has 0 aliphatic rings. The van der Waals surface area contributed by atoms with Crippen LogP contribution in [0.15, 0.2) is 11.1 Å². The fraction of sp³-hybridized carbons (Fsp3) is 0.444. The normalized spacial score (nSPS) is 10.9. The van der Waals surface area contributed by atoms with Crippen molar-refractivity contribution in [1.29, 1.82) is 0 Å². The maximum Gasteiger partial charge on any atom is 0.295 e. The number of primary amides is 1. The molecule has 0 saturated carbocycles. The van der Waals surface area contributed by atoms with E-state index in [1.807, 2.05) is 0 Å². The number of nitrogens with two attached hydrogens (primary N) is 1. The van der Waals surface area contributed by atoms with Gasteiger partial charge < -0.3 is 20.8 Å². The predicted octanol–water partition coefficient (Wildman–Crippen LogP) is -0.546. The minimum Gasteiger partial charge on any atom is -0.489 e. The van der Waals surface area contributed by atoms with Crippen LogP contribution < -0.4 is 21.3 Å². The van der Waals surface area contributed by atoms with Crippen molar-refractivity contribution in [3.8, 4) is 5.75 Å². The zero-order valence-corrected chi connectivity index (χ0v) is 9.33. The number of hydrogen-bond acceptors (Lipinski definition) is 5. The van der Waals surface area contributed by atoms with Crippen LogP contribution in [-0.4, -0.2) is 28.5 Å². The highest BCUT2D eigenvalue weighted by Crippen LogP contribution is 2.19. The summed E-state index contributed by atoms with van der Waals surface area (Å²) in [5.41, 5.74) is 3.74. The summed E-state index contributed by atoms with van der Waals surface area (Å²) in [4.78, 5) is 28.7. The van der Waals surface area contributed by atoms with E-state index >= 15 is 0 Å². The Labute approximate surface area is 92.0 Å². The lowest BCUT2D eigenvalue weighted by molar-refractivity contribution is -0.121. The third-order valence-electron chi connectivity index (χ3n) is 2.06. The van der Waals surface area contributed by atoms with E-state index in [0.717, 1.165) is 0 Å². The Bertz CT molecular complexity index is 452. The van der Waals surface area contributed by atoms with Gasteiger partial charge in [0.1, 0.15) is 5.54 Å². The minimum absolute atomic E-state index is 0.0109. The highest BCUT2D eigenvalue weighted by Gasteiger charge is 2.26. The van der Waals surface area contributed by atoms with Crippen molar-refractivity contribution < 1.29 is 9.53 Å². The van der Waals surface area contributed by atoms with Crippen LogP contribution in [0.25, 0.3) is 0 Å². The van der Waals surface area contributed by atoms with Crippen molar-refractivity contribution in [3.05, 3.63) is 16.7 Å². The smallest absolute Gasteiger partial charge is 0.295 e. The fourth-order valence-electron chi connectivity index (χ4n) is 1.02. The molecule has 4 N–H and O–H groups in total. The summed E-state index contributed by atoms with van der Waals surface area (Å²) in [6.45, 7) is 3.16. The molecule has 16 heavy (non-hydrogen) atoms. The second kappa shape index (κ2) is 4.21. The summed E-state index contributed by atoms with van der Waals surface area (Å²) < 4.78 is 4.88. The van der Waals surface area contributed by atoms with E-state index in [-0.39, 0.29) is 11.6 Å². The Kier molecular flexibility index (Phi) is 3.17. The predicted molar refractivity (Wildman–Crippen MR) is 58.3 cm³/mol. The van der Waals surface area contributed by atoms with E-state index in [9.17, 15) is 9.59 Å². The van der Waals surface area contributed by atoms with Crippen LogP contribution in [0.4, 0.5) is 5.82 Å². The molecule has 0 aromatic carbocycles. The van der Waals surface area contributed by atoms with Gasteiger partial charge in [0, 0.05) is 0 Å². The lowest BCUT2D eigenvalue weighted by Crippen LogP contribution is -2.45. The number of nitrogens with zero attached hydrogens (tertiary/aromatic N) is 1. The van der Waals surface area contributed by atoms with Crippen LogP contribution in [0.5, 0.6) is 5.75 Å². The summed E-state index contributed by atoms with van der Waals surface area (Å²) in [5.74, 6) is -0.372. The number of aromatic nitrogens is 2. The molecule has 7 nitrogen and oxygen atoms in total. The number of methoxy groups -OCH3 is 1. The molecule has 1 rings (SSSR count). The molecule has 1 aromatic heterocycles. The minimum atomic E-state index is -1.02. The van der Waals surface area contributed by atoms with Crippen molar-refractivity contribution in [2.24, 2.45) is 5.73 Å². The number of anilines is 1. The summed E-state index contributed by atoms with van der Waals surface area (Å²) in [6.07, 6.45) is 1.21. The SMILES string of the molecule is COc1c(NC(C)(C)C(N)=O)nc[nH]c1=O. The van der Waals surface area contributed by atoms with Gasteiger partial charge in [-0.2, -0.15) is 0 Å². The third kappa shape index (κ3) is 2.30. The average molecular weight is 226 g/mol. The molecule has 0 fully saturated rings. The molecule has 0 atom stereocenters. The first-order chi connectivity index (χ1) is 7.38. The fourth-order valence-corrected chi connectivity index (χ4v) is 1.02. The molecule has 0 spiro atoms. The van der Waals surface area contributed by atoms with Crippen LogP contribution in [0, 0.1) is 0 Å². The highest BCUT2D eigenvalue weighted by molar-refractivity contribution is 5.87. The Morgan fingerprint density at radius 3 is 2.75 bits per heavy atom. The van der Waals surface area contributed by atoms with Crippen LogP contribution in [0.3, 0.4) is 0 Å².